The molecule has 16 heavy (non-hydrogen) atoms. The molecule has 1 heterocycles. The summed E-state index contributed by atoms with van der Waals surface area (Å²) in [6, 6.07) is 5.15. The predicted octanol–water partition coefficient (Wildman–Crippen LogP) is 1.55. The van der Waals surface area contributed by atoms with Gasteiger partial charge >= 0.3 is 0 Å². The number of fused-ring (bicyclic) bond motifs is 1. The minimum Gasteiger partial charge on any atom is -0.508 e. The molecule has 0 atom stereocenters. The molecular formula is C12H14N2O2. The highest BCUT2D eigenvalue weighted by Gasteiger charge is 2.04. The van der Waals surface area contributed by atoms with Gasteiger partial charge in [0.2, 0.25) is 5.91 Å². The Morgan fingerprint density at radius 3 is 3.31 bits per heavy atom. The van der Waals surface area contributed by atoms with Gasteiger partial charge in [0.15, 0.2) is 0 Å². The summed E-state index contributed by atoms with van der Waals surface area (Å²) in [6.45, 7) is 0.259. The van der Waals surface area contributed by atoms with E-state index >= 15 is 0 Å². The van der Waals surface area contributed by atoms with Crippen molar-refractivity contribution in [2.45, 2.75) is 13.3 Å². The van der Waals surface area contributed by atoms with Gasteiger partial charge in [0.25, 0.3) is 0 Å². The maximum absolute atomic E-state index is 10.9. The zero-order valence-corrected chi connectivity index (χ0v) is 8.79. The summed E-state index contributed by atoms with van der Waals surface area (Å²) in [5.41, 5.74) is 2.01. The Morgan fingerprint density at radius 2 is 2.50 bits per heavy atom. The van der Waals surface area contributed by atoms with Crippen molar-refractivity contribution in [3.63, 3.8) is 0 Å². The number of aromatic hydroxyl groups is 1. The van der Waals surface area contributed by atoms with Gasteiger partial charge in [-0.15, -0.1) is 0 Å². The molecule has 0 aliphatic heterocycles. The summed E-state index contributed by atoms with van der Waals surface area (Å²) < 4.78 is 6.87. The van der Waals surface area contributed by atoms with Crippen molar-refractivity contribution < 1.29 is 11.3 Å². The molecule has 1 amide bonds. The summed E-state index contributed by atoms with van der Waals surface area (Å²) in [6.07, 6.45) is 2.55. The van der Waals surface area contributed by atoms with E-state index in [1.807, 2.05) is 12.3 Å². The SMILES string of the molecule is [2H]CC(=O)NCCc1c[nH]c2ccc(O)cc12. The van der Waals surface area contributed by atoms with Crippen LogP contribution in [-0.4, -0.2) is 22.5 Å². The van der Waals surface area contributed by atoms with E-state index in [1.54, 1.807) is 12.1 Å². The summed E-state index contributed by atoms with van der Waals surface area (Å²) in [5, 5.41) is 13.0. The number of phenols is 1. The van der Waals surface area contributed by atoms with Crippen LogP contribution in [-0.2, 0) is 11.2 Å². The standard InChI is InChI=1S/C12H14N2O2/c1-8(15)13-5-4-9-7-14-12-3-2-10(16)6-11(9)12/h2-3,6-7,14,16H,4-5H2,1H3,(H,13,15)/i1D. The fraction of sp³-hybridized carbons (Fsp3) is 0.250. The number of carbonyl (C=O) groups excluding carboxylic acids is 1. The molecule has 0 saturated carbocycles. The number of carbonyl (C=O) groups is 1. The van der Waals surface area contributed by atoms with Crippen LogP contribution in [0, 0.1) is 0 Å². The quantitative estimate of drug-likeness (QED) is 0.733. The smallest absolute Gasteiger partial charge is 0.216 e. The summed E-state index contributed by atoms with van der Waals surface area (Å²) in [7, 11) is 0. The summed E-state index contributed by atoms with van der Waals surface area (Å²) >= 11 is 0. The average Bonchev–Trinajstić information content (AvgIpc) is 2.72. The first kappa shape index (κ1) is 9.27. The van der Waals surface area contributed by atoms with E-state index in [4.69, 9.17) is 1.37 Å². The number of H-pyrrole nitrogens is 1. The van der Waals surface area contributed by atoms with Gasteiger partial charge in [0.1, 0.15) is 5.75 Å². The molecule has 0 radical (unpaired) electrons. The van der Waals surface area contributed by atoms with Crippen LogP contribution in [0.2, 0.25) is 0 Å². The summed E-state index contributed by atoms with van der Waals surface area (Å²) in [5.74, 6) is -0.0405. The van der Waals surface area contributed by atoms with Crippen LogP contribution in [0.5, 0.6) is 5.75 Å². The lowest BCUT2D eigenvalue weighted by Gasteiger charge is -2.01. The molecule has 1 aromatic heterocycles. The third kappa shape index (κ3) is 2.16. The molecule has 3 N–H and O–H groups in total. The van der Waals surface area contributed by atoms with Gasteiger partial charge in [-0.2, -0.15) is 0 Å². The lowest BCUT2D eigenvalue weighted by Crippen LogP contribution is -2.22. The third-order valence-electron chi connectivity index (χ3n) is 2.47. The van der Waals surface area contributed by atoms with Crippen molar-refractivity contribution in [2.75, 3.05) is 6.54 Å². The number of aromatic amines is 1. The van der Waals surface area contributed by atoms with Crippen molar-refractivity contribution in [3.05, 3.63) is 30.0 Å². The van der Waals surface area contributed by atoms with E-state index in [0.29, 0.717) is 13.0 Å². The fourth-order valence-corrected chi connectivity index (χ4v) is 1.71. The largest absolute Gasteiger partial charge is 0.508 e. The Kier molecular flexibility index (Phi) is 2.47. The van der Waals surface area contributed by atoms with Crippen LogP contribution >= 0.6 is 0 Å². The number of hydrogen-bond acceptors (Lipinski definition) is 2. The molecule has 84 valence electrons. The van der Waals surface area contributed by atoms with Gasteiger partial charge in [-0.3, -0.25) is 4.79 Å². The Bertz CT molecular complexity index is 536. The number of rotatable bonds is 3. The molecule has 4 nitrogen and oxygen atoms in total. The van der Waals surface area contributed by atoms with Crippen LogP contribution in [0.25, 0.3) is 10.9 Å². The van der Waals surface area contributed by atoms with E-state index in [1.165, 1.54) is 0 Å². The molecule has 0 bridgehead atoms. The molecule has 0 aliphatic carbocycles. The van der Waals surface area contributed by atoms with E-state index < -0.39 is 0 Å². The highest BCUT2D eigenvalue weighted by Crippen LogP contribution is 2.22. The summed E-state index contributed by atoms with van der Waals surface area (Å²) in [4.78, 5) is 14.0. The number of amides is 1. The van der Waals surface area contributed by atoms with E-state index in [0.717, 1.165) is 16.5 Å². The van der Waals surface area contributed by atoms with Crippen molar-refractivity contribution >= 4 is 16.8 Å². The predicted molar refractivity (Wildman–Crippen MR) is 62.4 cm³/mol. The Labute approximate surface area is 94.7 Å². The monoisotopic (exact) mass is 219 g/mol. The maximum Gasteiger partial charge on any atom is 0.216 e. The second-order valence-electron chi connectivity index (χ2n) is 3.64. The highest BCUT2D eigenvalue weighted by atomic mass is 16.3. The Hall–Kier alpha value is -1.97. The second-order valence-corrected chi connectivity index (χ2v) is 3.64. The van der Waals surface area contributed by atoms with Crippen LogP contribution < -0.4 is 5.32 Å². The molecule has 1 aromatic carbocycles. The van der Waals surface area contributed by atoms with Gasteiger partial charge in [-0.25, -0.2) is 0 Å². The van der Waals surface area contributed by atoms with Crippen molar-refractivity contribution in [2.24, 2.45) is 0 Å². The topological polar surface area (TPSA) is 65.1 Å². The van der Waals surface area contributed by atoms with E-state index in [2.05, 4.69) is 10.3 Å². The zero-order valence-electron chi connectivity index (χ0n) is 9.79. The van der Waals surface area contributed by atoms with Crippen molar-refractivity contribution in [1.29, 1.82) is 0 Å². The zero-order chi connectivity index (χ0) is 12.3. The van der Waals surface area contributed by atoms with Crippen LogP contribution in [0.3, 0.4) is 0 Å². The highest BCUT2D eigenvalue weighted by molar-refractivity contribution is 5.84. The molecule has 2 aromatic rings. The second kappa shape index (κ2) is 4.26. The number of nitrogens with one attached hydrogen (secondary N) is 2. The van der Waals surface area contributed by atoms with E-state index in [-0.39, 0.29) is 18.6 Å². The Balaban J connectivity index is 2.08. The van der Waals surface area contributed by atoms with Gasteiger partial charge < -0.3 is 15.4 Å². The average molecular weight is 219 g/mol. The molecule has 4 heteroatoms. The number of phenolic OH excluding ortho intramolecular Hbond substituents is 1. The Morgan fingerprint density at radius 1 is 1.62 bits per heavy atom. The fourth-order valence-electron chi connectivity index (χ4n) is 1.71. The van der Waals surface area contributed by atoms with Gasteiger partial charge in [-0.05, 0) is 30.2 Å². The van der Waals surface area contributed by atoms with Crippen LogP contribution in [0.1, 0.15) is 13.8 Å². The van der Waals surface area contributed by atoms with Crippen molar-refractivity contribution in [1.82, 2.24) is 10.3 Å². The van der Waals surface area contributed by atoms with Gasteiger partial charge in [-0.1, -0.05) is 0 Å². The maximum atomic E-state index is 10.9. The molecule has 0 spiro atoms. The van der Waals surface area contributed by atoms with Gasteiger partial charge in [0, 0.05) is 31.9 Å². The van der Waals surface area contributed by atoms with E-state index in [9.17, 15) is 9.90 Å². The number of benzene rings is 1. The molecule has 2 rings (SSSR count). The minimum absolute atomic E-state index is 0.230. The normalized spacial score (nSPS) is 11.4. The number of aromatic nitrogens is 1. The first-order valence-electron chi connectivity index (χ1n) is 5.76. The van der Waals surface area contributed by atoms with Crippen molar-refractivity contribution in [3.8, 4) is 5.75 Å². The lowest BCUT2D eigenvalue weighted by atomic mass is 10.1. The molecule has 0 saturated heterocycles. The molecule has 0 fully saturated rings. The molecule has 0 unspecified atom stereocenters. The first-order chi connectivity index (χ1) is 8.20. The first-order valence-corrected chi connectivity index (χ1v) is 5.05. The minimum atomic E-state index is -0.271. The lowest BCUT2D eigenvalue weighted by molar-refractivity contribution is -0.118. The molecular weight excluding hydrogens is 204 g/mol. The third-order valence-corrected chi connectivity index (χ3v) is 2.47. The van der Waals surface area contributed by atoms with Crippen LogP contribution in [0.15, 0.2) is 24.4 Å². The number of hydrogen-bond donors (Lipinski definition) is 3. The molecule has 0 aliphatic rings. The van der Waals surface area contributed by atoms with Crippen LogP contribution in [0.4, 0.5) is 0 Å². The van der Waals surface area contributed by atoms with Gasteiger partial charge in [0.05, 0.1) is 0 Å².